The number of ether oxygens (including phenoxy) is 1. The Balaban J connectivity index is 0.00000338. The van der Waals surface area contributed by atoms with Gasteiger partial charge in [0.15, 0.2) is 0 Å². The van der Waals surface area contributed by atoms with Gasteiger partial charge in [-0.05, 0) is 31.0 Å². The molecule has 1 aliphatic heterocycles. The van der Waals surface area contributed by atoms with Crippen LogP contribution in [0.25, 0.3) is 0 Å². The fourth-order valence-electron chi connectivity index (χ4n) is 2.70. The molecule has 1 saturated heterocycles. The van der Waals surface area contributed by atoms with Crippen LogP contribution in [0.3, 0.4) is 0 Å². The summed E-state index contributed by atoms with van der Waals surface area (Å²) in [7, 11) is 1.60. The van der Waals surface area contributed by atoms with E-state index in [-0.39, 0.29) is 36.0 Å². The Morgan fingerprint density at radius 1 is 1.35 bits per heavy atom. The molecule has 6 nitrogen and oxygen atoms in total. The van der Waals surface area contributed by atoms with Gasteiger partial charge in [-0.1, -0.05) is 19.1 Å². The summed E-state index contributed by atoms with van der Waals surface area (Å²) in [6, 6.07) is 7.55. The van der Waals surface area contributed by atoms with Crippen LogP contribution in [0, 0.1) is 5.92 Å². The van der Waals surface area contributed by atoms with Gasteiger partial charge in [-0.25, -0.2) is 0 Å². The van der Waals surface area contributed by atoms with Gasteiger partial charge < -0.3 is 20.7 Å². The summed E-state index contributed by atoms with van der Waals surface area (Å²) in [6.07, 6.45) is 1.06. The molecule has 1 aromatic carbocycles. The summed E-state index contributed by atoms with van der Waals surface area (Å²) in [5.74, 6) is 0.581. The second kappa shape index (κ2) is 12.2. The average molecular weight is 402 g/mol. The van der Waals surface area contributed by atoms with E-state index in [1.807, 2.05) is 18.2 Å². The molecule has 0 aromatic heterocycles. The smallest absolute Gasteiger partial charge is 0.252 e. The summed E-state index contributed by atoms with van der Waals surface area (Å²) in [4.78, 5) is 25.3. The van der Waals surface area contributed by atoms with Gasteiger partial charge in [-0.3, -0.25) is 9.59 Å². The highest BCUT2D eigenvalue weighted by Gasteiger charge is 2.24. The molecule has 26 heavy (non-hydrogen) atoms. The lowest BCUT2D eigenvalue weighted by atomic mass is 9.94. The predicted molar refractivity (Wildman–Crippen MR) is 107 cm³/mol. The lowest BCUT2D eigenvalue weighted by Gasteiger charge is -2.30. The van der Waals surface area contributed by atoms with Crippen LogP contribution in [-0.2, 0) is 9.53 Å². The number of carbonyl (C=O) groups is 2. The van der Waals surface area contributed by atoms with E-state index in [1.165, 1.54) is 11.8 Å². The van der Waals surface area contributed by atoms with Gasteiger partial charge in [0.2, 0.25) is 5.91 Å². The highest BCUT2D eigenvalue weighted by atomic mass is 35.5. The Morgan fingerprint density at radius 3 is 2.85 bits per heavy atom. The topological polar surface area (TPSA) is 79.5 Å². The zero-order valence-corrected chi connectivity index (χ0v) is 16.9. The van der Waals surface area contributed by atoms with Crippen molar-refractivity contribution in [2.45, 2.75) is 24.3 Å². The van der Waals surface area contributed by atoms with Crippen molar-refractivity contribution in [2.24, 2.45) is 5.92 Å². The molecule has 8 heteroatoms. The van der Waals surface area contributed by atoms with E-state index in [0.29, 0.717) is 24.6 Å². The predicted octanol–water partition coefficient (Wildman–Crippen LogP) is 1.69. The van der Waals surface area contributed by atoms with Crippen LogP contribution in [0.15, 0.2) is 29.2 Å². The van der Waals surface area contributed by atoms with Crippen LogP contribution in [-0.4, -0.2) is 57.0 Å². The van der Waals surface area contributed by atoms with Crippen molar-refractivity contribution in [1.82, 2.24) is 16.0 Å². The second-order valence-electron chi connectivity index (χ2n) is 6.18. The lowest BCUT2D eigenvalue weighted by molar-refractivity contribution is -0.118. The van der Waals surface area contributed by atoms with Crippen LogP contribution < -0.4 is 16.0 Å². The summed E-state index contributed by atoms with van der Waals surface area (Å²) in [6.45, 7) is 4.94. The summed E-state index contributed by atoms with van der Waals surface area (Å²) in [5.41, 5.74) is 0.620. The fraction of sp³-hybridized carbons (Fsp3) is 0.556. The van der Waals surface area contributed by atoms with Crippen molar-refractivity contribution in [3.63, 3.8) is 0 Å². The van der Waals surface area contributed by atoms with Gasteiger partial charge in [0, 0.05) is 31.1 Å². The van der Waals surface area contributed by atoms with E-state index in [4.69, 9.17) is 4.74 Å². The van der Waals surface area contributed by atoms with Crippen LogP contribution in [0.5, 0.6) is 0 Å². The molecule has 1 aromatic rings. The molecule has 0 bridgehead atoms. The van der Waals surface area contributed by atoms with Gasteiger partial charge in [-0.2, -0.15) is 0 Å². The third-order valence-electron chi connectivity index (χ3n) is 4.26. The Hall–Kier alpha value is -1.28. The van der Waals surface area contributed by atoms with Crippen molar-refractivity contribution < 1.29 is 14.3 Å². The van der Waals surface area contributed by atoms with Crippen LogP contribution in [0.4, 0.5) is 0 Å². The minimum atomic E-state index is -0.0801. The Morgan fingerprint density at radius 2 is 2.12 bits per heavy atom. The van der Waals surface area contributed by atoms with Gasteiger partial charge in [0.25, 0.3) is 5.91 Å². The monoisotopic (exact) mass is 401 g/mol. The van der Waals surface area contributed by atoms with E-state index in [0.717, 1.165) is 24.4 Å². The van der Waals surface area contributed by atoms with Gasteiger partial charge in [-0.15, -0.1) is 24.2 Å². The Bertz CT molecular complexity index is 589. The average Bonchev–Trinajstić information content (AvgIpc) is 2.62. The van der Waals surface area contributed by atoms with Crippen molar-refractivity contribution in [2.75, 3.05) is 39.1 Å². The number of amides is 2. The van der Waals surface area contributed by atoms with E-state index < -0.39 is 0 Å². The number of hydrogen-bond acceptors (Lipinski definition) is 5. The Labute approximate surface area is 165 Å². The maximum atomic E-state index is 12.7. The molecule has 1 heterocycles. The third kappa shape index (κ3) is 7.15. The van der Waals surface area contributed by atoms with Crippen LogP contribution >= 0.6 is 24.2 Å². The van der Waals surface area contributed by atoms with Gasteiger partial charge in [0.1, 0.15) is 0 Å². The van der Waals surface area contributed by atoms with Crippen molar-refractivity contribution in [3.8, 4) is 0 Å². The van der Waals surface area contributed by atoms with E-state index in [9.17, 15) is 9.59 Å². The molecule has 0 radical (unpaired) electrons. The number of carbonyl (C=O) groups excluding carboxylic acids is 2. The molecular formula is C18H28ClN3O3S. The minimum Gasteiger partial charge on any atom is -0.383 e. The maximum Gasteiger partial charge on any atom is 0.252 e. The molecule has 0 spiro atoms. The number of thioether (sulfide) groups is 1. The molecule has 146 valence electrons. The fourth-order valence-corrected chi connectivity index (χ4v) is 3.58. The number of benzene rings is 1. The molecule has 2 amide bonds. The molecule has 2 unspecified atom stereocenters. The standard InChI is InChI=1S/C18H27N3O3S.ClH/c1-13-7-8-19-11-15(13)21-18(23)14-5-3-4-6-16(14)25-12-17(22)20-9-10-24-2;/h3-6,13,15,19H,7-12H2,1-2H3,(H,20,22)(H,21,23);1H. The molecular weight excluding hydrogens is 374 g/mol. The molecule has 2 rings (SSSR count). The first-order valence-corrected chi connectivity index (χ1v) is 9.59. The van der Waals surface area contributed by atoms with Crippen molar-refractivity contribution in [3.05, 3.63) is 29.8 Å². The van der Waals surface area contributed by atoms with Gasteiger partial charge >= 0.3 is 0 Å². The molecule has 2 atom stereocenters. The van der Waals surface area contributed by atoms with Crippen LogP contribution in [0.2, 0.25) is 0 Å². The second-order valence-corrected chi connectivity index (χ2v) is 7.19. The maximum absolute atomic E-state index is 12.7. The molecule has 0 aliphatic carbocycles. The summed E-state index contributed by atoms with van der Waals surface area (Å²) in [5, 5.41) is 9.22. The minimum absolute atomic E-state index is 0. The molecule has 3 N–H and O–H groups in total. The number of rotatable bonds is 8. The van der Waals surface area contributed by atoms with E-state index in [1.54, 1.807) is 13.2 Å². The number of piperidine rings is 1. The zero-order valence-electron chi connectivity index (χ0n) is 15.2. The largest absolute Gasteiger partial charge is 0.383 e. The highest BCUT2D eigenvalue weighted by Crippen LogP contribution is 2.23. The summed E-state index contributed by atoms with van der Waals surface area (Å²) >= 11 is 1.38. The van der Waals surface area contributed by atoms with Crippen molar-refractivity contribution >= 4 is 36.0 Å². The first kappa shape index (κ1) is 22.8. The quantitative estimate of drug-likeness (QED) is 0.456. The van der Waals surface area contributed by atoms with E-state index >= 15 is 0 Å². The number of halogens is 1. The molecule has 1 aliphatic rings. The lowest BCUT2D eigenvalue weighted by Crippen LogP contribution is -2.50. The SMILES string of the molecule is COCCNC(=O)CSc1ccccc1C(=O)NC1CNCCC1C.Cl. The number of nitrogens with one attached hydrogen (secondary N) is 3. The zero-order chi connectivity index (χ0) is 18.1. The Kier molecular flexibility index (Phi) is 10.7. The number of hydrogen-bond donors (Lipinski definition) is 3. The molecule has 0 saturated carbocycles. The third-order valence-corrected chi connectivity index (χ3v) is 5.34. The first-order valence-electron chi connectivity index (χ1n) is 8.61. The van der Waals surface area contributed by atoms with E-state index in [2.05, 4.69) is 22.9 Å². The number of methoxy groups -OCH3 is 1. The normalized spacial score (nSPS) is 19.3. The molecule has 1 fully saturated rings. The van der Waals surface area contributed by atoms with Crippen LogP contribution in [0.1, 0.15) is 23.7 Å². The first-order chi connectivity index (χ1) is 12.1. The van der Waals surface area contributed by atoms with Crippen molar-refractivity contribution in [1.29, 1.82) is 0 Å². The van der Waals surface area contributed by atoms with Gasteiger partial charge in [0.05, 0.1) is 17.9 Å². The summed E-state index contributed by atoms with van der Waals surface area (Å²) < 4.78 is 4.91. The highest BCUT2D eigenvalue weighted by molar-refractivity contribution is 8.00.